The molecule has 1 amide bonds. The summed E-state index contributed by atoms with van der Waals surface area (Å²) in [6, 6.07) is 11.3. The van der Waals surface area contributed by atoms with Gasteiger partial charge in [0.25, 0.3) is 0 Å². The maximum Gasteiger partial charge on any atom is 0.224 e. The predicted molar refractivity (Wildman–Crippen MR) is 107 cm³/mol. The van der Waals surface area contributed by atoms with E-state index in [0.29, 0.717) is 27.8 Å². The lowest BCUT2D eigenvalue weighted by Gasteiger charge is -2.08. The van der Waals surface area contributed by atoms with Gasteiger partial charge in [0.05, 0.1) is 31.0 Å². The molecule has 3 aromatic rings. The topological polar surface area (TPSA) is 68.0 Å². The number of aromatic nitrogens is 1. The van der Waals surface area contributed by atoms with Crippen LogP contribution in [0.25, 0.3) is 10.2 Å². The number of hydrogen-bond acceptors (Lipinski definition) is 4. The van der Waals surface area contributed by atoms with E-state index in [9.17, 15) is 4.79 Å². The molecule has 0 saturated heterocycles. The van der Waals surface area contributed by atoms with Gasteiger partial charge < -0.3 is 11.1 Å². The van der Waals surface area contributed by atoms with E-state index >= 15 is 0 Å². The van der Waals surface area contributed by atoms with Crippen LogP contribution in [0.2, 0.25) is 10.0 Å². The molecule has 3 rings (SSSR count). The van der Waals surface area contributed by atoms with Crippen molar-refractivity contribution in [3.63, 3.8) is 0 Å². The van der Waals surface area contributed by atoms with Crippen molar-refractivity contribution in [2.75, 3.05) is 11.1 Å². The average Bonchev–Trinajstić information content (AvgIpc) is 2.99. The highest BCUT2D eigenvalue weighted by atomic mass is 35.5. The van der Waals surface area contributed by atoms with E-state index in [-0.39, 0.29) is 5.91 Å². The molecule has 0 fully saturated rings. The van der Waals surface area contributed by atoms with E-state index < -0.39 is 0 Å². The van der Waals surface area contributed by atoms with E-state index in [0.717, 1.165) is 29.8 Å². The number of aryl methyl sites for hydroxylation is 1. The summed E-state index contributed by atoms with van der Waals surface area (Å²) in [5.41, 5.74) is 7.59. The molecule has 0 saturated carbocycles. The van der Waals surface area contributed by atoms with Gasteiger partial charge in [-0.1, -0.05) is 35.3 Å². The van der Waals surface area contributed by atoms with Crippen molar-refractivity contribution in [3.8, 4) is 0 Å². The Morgan fingerprint density at radius 3 is 2.60 bits per heavy atom. The second kappa shape index (κ2) is 8.04. The number of fused-ring (bicyclic) bond motifs is 1. The molecule has 1 heterocycles. The summed E-state index contributed by atoms with van der Waals surface area (Å²) in [6.45, 7) is 0. The second-order valence-corrected chi connectivity index (χ2v) is 7.61. The van der Waals surface area contributed by atoms with Gasteiger partial charge in [-0.3, -0.25) is 4.79 Å². The van der Waals surface area contributed by atoms with E-state index in [4.69, 9.17) is 28.9 Å². The van der Waals surface area contributed by atoms with Crippen molar-refractivity contribution in [2.45, 2.75) is 25.7 Å². The van der Waals surface area contributed by atoms with Crippen molar-refractivity contribution in [3.05, 3.63) is 51.5 Å². The van der Waals surface area contributed by atoms with Gasteiger partial charge in [-0.2, -0.15) is 0 Å². The van der Waals surface area contributed by atoms with Crippen LogP contribution in [0.1, 0.15) is 24.3 Å². The number of carbonyl (C=O) groups is 1. The third-order valence-corrected chi connectivity index (χ3v) is 5.47. The van der Waals surface area contributed by atoms with Crippen LogP contribution < -0.4 is 11.1 Å². The van der Waals surface area contributed by atoms with Gasteiger partial charge in [0, 0.05) is 12.1 Å². The Hall–Kier alpha value is -1.82. The Balaban J connectivity index is 1.46. The molecule has 0 aliphatic rings. The first-order chi connectivity index (χ1) is 12.0. The average molecular weight is 394 g/mol. The monoisotopic (exact) mass is 393 g/mol. The number of benzene rings is 2. The molecule has 0 radical (unpaired) electrons. The minimum absolute atomic E-state index is 0.0683. The number of para-hydroxylation sites is 1. The quantitative estimate of drug-likeness (QED) is 0.426. The first-order valence-corrected chi connectivity index (χ1v) is 9.49. The lowest BCUT2D eigenvalue weighted by molar-refractivity contribution is -0.116. The zero-order valence-corrected chi connectivity index (χ0v) is 15.7. The number of halogens is 2. The van der Waals surface area contributed by atoms with Crippen molar-refractivity contribution in [1.29, 1.82) is 0 Å². The standard InChI is InChI=1S/C18H17Cl2N3OS/c19-12-9-11(10-13(20)18(12)21)22-16(24)7-3-4-8-17-23-14-5-1-2-6-15(14)25-17/h1-2,5-6,9-10H,3-4,7-8,21H2,(H,22,24). The summed E-state index contributed by atoms with van der Waals surface area (Å²) in [7, 11) is 0. The predicted octanol–water partition coefficient (Wildman–Crippen LogP) is 5.54. The molecule has 4 nitrogen and oxygen atoms in total. The SMILES string of the molecule is Nc1c(Cl)cc(NC(=O)CCCCc2nc3ccccc3s2)cc1Cl. The molecule has 0 aliphatic carbocycles. The summed E-state index contributed by atoms with van der Waals surface area (Å²) in [5.74, 6) is -0.0683. The number of thiazole rings is 1. The van der Waals surface area contributed by atoms with Crippen LogP contribution in [0.15, 0.2) is 36.4 Å². The molecule has 25 heavy (non-hydrogen) atoms. The number of rotatable bonds is 6. The smallest absolute Gasteiger partial charge is 0.224 e. The van der Waals surface area contributed by atoms with Crippen LogP contribution in [0.4, 0.5) is 11.4 Å². The molecule has 0 atom stereocenters. The minimum atomic E-state index is -0.0683. The van der Waals surface area contributed by atoms with Crippen molar-refractivity contribution in [1.82, 2.24) is 4.98 Å². The fourth-order valence-electron chi connectivity index (χ4n) is 2.47. The maximum atomic E-state index is 12.0. The van der Waals surface area contributed by atoms with Crippen LogP contribution in [-0.4, -0.2) is 10.9 Å². The van der Waals surface area contributed by atoms with E-state index in [1.54, 1.807) is 23.5 Å². The Labute approximate surface area is 160 Å². The second-order valence-electron chi connectivity index (χ2n) is 5.68. The Bertz CT molecular complexity index is 854. The number of unbranched alkanes of at least 4 members (excludes halogenated alkanes) is 1. The largest absolute Gasteiger partial charge is 0.396 e. The van der Waals surface area contributed by atoms with Crippen LogP contribution in [-0.2, 0) is 11.2 Å². The molecule has 0 unspecified atom stereocenters. The number of anilines is 2. The zero-order valence-electron chi connectivity index (χ0n) is 13.4. The van der Waals surface area contributed by atoms with Gasteiger partial charge in [0.2, 0.25) is 5.91 Å². The summed E-state index contributed by atoms with van der Waals surface area (Å²) in [4.78, 5) is 16.6. The van der Waals surface area contributed by atoms with E-state index in [1.165, 1.54) is 4.70 Å². The van der Waals surface area contributed by atoms with Gasteiger partial charge in [-0.15, -0.1) is 11.3 Å². The normalized spacial score (nSPS) is 11.0. The molecular weight excluding hydrogens is 377 g/mol. The number of nitrogens with two attached hydrogens (primary N) is 1. The van der Waals surface area contributed by atoms with Crippen LogP contribution >= 0.6 is 34.5 Å². The van der Waals surface area contributed by atoms with E-state index in [1.807, 2.05) is 18.2 Å². The summed E-state index contributed by atoms with van der Waals surface area (Å²) < 4.78 is 1.20. The first kappa shape index (κ1) is 18.0. The van der Waals surface area contributed by atoms with Gasteiger partial charge in [0.1, 0.15) is 0 Å². The fourth-order valence-corrected chi connectivity index (χ4v) is 3.96. The summed E-state index contributed by atoms with van der Waals surface area (Å²) in [6.07, 6.45) is 3.02. The number of amides is 1. The Morgan fingerprint density at radius 2 is 1.88 bits per heavy atom. The highest BCUT2D eigenvalue weighted by Gasteiger charge is 2.08. The van der Waals surface area contributed by atoms with Crippen molar-refractivity contribution < 1.29 is 4.79 Å². The highest BCUT2D eigenvalue weighted by molar-refractivity contribution is 7.18. The number of carbonyl (C=O) groups excluding carboxylic acids is 1. The minimum Gasteiger partial charge on any atom is -0.396 e. The Kier molecular flexibility index (Phi) is 5.78. The number of nitrogens with zero attached hydrogens (tertiary/aromatic N) is 1. The third-order valence-electron chi connectivity index (χ3n) is 3.75. The number of hydrogen-bond donors (Lipinski definition) is 2. The van der Waals surface area contributed by atoms with Gasteiger partial charge in [0.15, 0.2) is 0 Å². The molecular formula is C18H17Cl2N3OS. The van der Waals surface area contributed by atoms with Crippen LogP contribution in [0.3, 0.4) is 0 Å². The summed E-state index contributed by atoms with van der Waals surface area (Å²) in [5, 5.41) is 4.57. The third kappa shape index (κ3) is 4.63. The maximum absolute atomic E-state index is 12.0. The fraction of sp³-hybridized carbons (Fsp3) is 0.222. The molecule has 1 aromatic heterocycles. The van der Waals surface area contributed by atoms with Crippen LogP contribution in [0.5, 0.6) is 0 Å². The first-order valence-electron chi connectivity index (χ1n) is 7.92. The molecule has 2 aromatic carbocycles. The van der Waals surface area contributed by atoms with Crippen molar-refractivity contribution in [2.24, 2.45) is 0 Å². The molecule has 130 valence electrons. The van der Waals surface area contributed by atoms with Crippen molar-refractivity contribution >= 4 is 62.0 Å². The van der Waals surface area contributed by atoms with Crippen LogP contribution in [0, 0.1) is 0 Å². The molecule has 0 bridgehead atoms. The molecule has 0 spiro atoms. The van der Waals surface area contributed by atoms with Gasteiger partial charge >= 0.3 is 0 Å². The van der Waals surface area contributed by atoms with E-state index in [2.05, 4.69) is 16.4 Å². The summed E-state index contributed by atoms with van der Waals surface area (Å²) >= 11 is 13.6. The van der Waals surface area contributed by atoms with Gasteiger partial charge in [-0.05, 0) is 43.5 Å². The zero-order chi connectivity index (χ0) is 17.8. The number of nitrogens with one attached hydrogen (secondary N) is 1. The lowest BCUT2D eigenvalue weighted by Crippen LogP contribution is -2.11. The Morgan fingerprint density at radius 1 is 1.16 bits per heavy atom. The van der Waals surface area contributed by atoms with Gasteiger partial charge in [-0.25, -0.2) is 4.98 Å². The molecule has 3 N–H and O–H groups in total. The highest BCUT2D eigenvalue weighted by Crippen LogP contribution is 2.31. The lowest BCUT2D eigenvalue weighted by atomic mass is 10.2. The number of nitrogen functional groups attached to an aromatic ring is 1. The molecule has 7 heteroatoms. The molecule has 0 aliphatic heterocycles.